The number of aliphatic hydroxyl groups excluding tert-OH is 3. The van der Waals surface area contributed by atoms with E-state index in [-0.39, 0.29) is 12.1 Å². The molecule has 0 unspecified atom stereocenters. The molecule has 6 heteroatoms. The van der Waals surface area contributed by atoms with Gasteiger partial charge in [-0.3, -0.25) is 0 Å². The zero-order valence-corrected chi connectivity index (χ0v) is 9.84. The molecule has 4 atom stereocenters. The van der Waals surface area contributed by atoms with Gasteiger partial charge in [-0.05, 0) is 20.8 Å². The van der Waals surface area contributed by atoms with E-state index in [4.69, 9.17) is 9.84 Å². The van der Waals surface area contributed by atoms with Crippen LogP contribution in [0.3, 0.4) is 0 Å². The van der Waals surface area contributed by atoms with E-state index in [1.807, 2.05) is 20.8 Å². The Kier molecular flexibility index (Phi) is 3.94. The molecule has 0 spiro atoms. The van der Waals surface area contributed by atoms with Crippen molar-refractivity contribution in [2.24, 2.45) is 0 Å². The van der Waals surface area contributed by atoms with Gasteiger partial charge in [0.25, 0.3) is 0 Å². The summed E-state index contributed by atoms with van der Waals surface area (Å²) < 4.78 is 5.06. The van der Waals surface area contributed by atoms with E-state index in [0.29, 0.717) is 0 Å². The van der Waals surface area contributed by atoms with Crippen LogP contribution in [-0.2, 0) is 4.74 Å². The number of ether oxygens (including phenoxy) is 1. The van der Waals surface area contributed by atoms with Crippen LogP contribution in [0.15, 0.2) is 0 Å². The molecule has 1 heterocycles. The summed E-state index contributed by atoms with van der Waals surface area (Å²) in [7, 11) is 0. The van der Waals surface area contributed by atoms with Crippen LogP contribution in [0.2, 0.25) is 0 Å². The van der Waals surface area contributed by atoms with Crippen LogP contribution in [-0.4, -0.2) is 63.2 Å². The molecule has 1 aliphatic rings. The summed E-state index contributed by atoms with van der Waals surface area (Å²) in [5.74, 6) is -2.07. The number of aliphatic hydroxyl groups is 4. The second kappa shape index (κ2) is 4.56. The third-order valence-corrected chi connectivity index (χ3v) is 2.58. The fourth-order valence-corrected chi connectivity index (χ4v) is 1.57. The summed E-state index contributed by atoms with van der Waals surface area (Å²) in [6, 6.07) is 0. The molecule has 0 bridgehead atoms. The van der Waals surface area contributed by atoms with Crippen molar-refractivity contribution in [2.75, 3.05) is 13.2 Å². The van der Waals surface area contributed by atoms with Crippen LogP contribution in [0, 0.1) is 0 Å². The Morgan fingerprint density at radius 3 is 2.25 bits per heavy atom. The summed E-state index contributed by atoms with van der Waals surface area (Å²) in [4.78, 5) is 0. The highest BCUT2D eigenvalue weighted by atomic mass is 16.7. The normalized spacial score (nSPS) is 40.3. The smallest absolute Gasteiger partial charge is 0.219 e. The van der Waals surface area contributed by atoms with Gasteiger partial charge in [0, 0.05) is 12.1 Å². The molecular weight excluding hydrogens is 214 g/mol. The van der Waals surface area contributed by atoms with Crippen LogP contribution < -0.4 is 5.32 Å². The van der Waals surface area contributed by atoms with Crippen molar-refractivity contribution < 1.29 is 25.2 Å². The van der Waals surface area contributed by atoms with Gasteiger partial charge in [-0.25, -0.2) is 0 Å². The zero-order chi connectivity index (χ0) is 12.6. The van der Waals surface area contributed by atoms with Crippen LogP contribution in [0.5, 0.6) is 0 Å². The lowest BCUT2D eigenvalue weighted by molar-refractivity contribution is -0.245. The first kappa shape index (κ1) is 13.8. The Bertz CT molecular complexity index is 242. The maximum absolute atomic E-state index is 9.63. The highest BCUT2D eigenvalue weighted by Gasteiger charge is 2.52. The fraction of sp³-hybridized carbons (Fsp3) is 1.00. The molecule has 1 saturated heterocycles. The van der Waals surface area contributed by atoms with Gasteiger partial charge in [0.2, 0.25) is 5.79 Å². The largest absolute Gasteiger partial charge is 0.391 e. The Morgan fingerprint density at radius 2 is 1.88 bits per heavy atom. The van der Waals surface area contributed by atoms with E-state index in [9.17, 15) is 15.3 Å². The van der Waals surface area contributed by atoms with Gasteiger partial charge in [0.15, 0.2) is 0 Å². The molecule has 0 saturated carbocycles. The molecule has 0 aromatic rings. The average Bonchev–Trinajstić information content (AvgIpc) is 2.40. The van der Waals surface area contributed by atoms with Crippen molar-refractivity contribution in [3.05, 3.63) is 0 Å². The van der Waals surface area contributed by atoms with Crippen molar-refractivity contribution in [3.63, 3.8) is 0 Å². The summed E-state index contributed by atoms with van der Waals surface area (Å²) in [6.45, 7) is 5.37. The molecule has 1 fully saturated rings. The first-order chi connectivity index (χ1) is 7.19. The highest BCUT2D eigenvalue weighted by molar-refractivity contribution is 4.96. The number of hydrogen-bond donors (Lipinski definition) is 5. The lowest BCUT2D eigenvalue weighted by Gasteiger charge is -2.25. The number of nitrogens with one attached hydrogen (secondary N) is 1. The molecule has 1 aliphatic heterocycles. The Labute approximate surface area is 94.9 Å². The molecule has 1 rings (SSSR count). The minimum Gasteiger partial charge on any atom is -0.391 e. The van der Waals surface area contributed by atoms with Crippen LogP contribution in [0.1, 0.15) is 20.8 Å². The third kappa shape index (κ3) is 2.91. The zero-order valence-electron chi connectivity index (χ0n) is 9.84. The first-order valence-electron chi connectivity index (χ1n) is 5.32. The SMILES string of the molecule is CC(C)(C)NC[C@H]1O[C@@](O)(CO)[C@H](O)[C@H]1O. The fourth-order valence-electron chi connectivity index (χ4n) is 1.57. The summed E-state index contributed by atoms with van der Waals surface area (Å²) >= 11 is 0. The number of rotatable bonds is 3. The van der Waals surface area contributed by atoms with Crippen LogP contribution in [0.25, 0.3) is 0 Å². The van der Waals surface area contributed by atoms with Crippen molar-refractivity contribution in [1.82, 2.24) is 5.32 Å². The van der Waals surface area contributed by atoms with E-state index in [0.717, 1.165) is 0 Å². The molecule has 0 aromatic heterocycles. The third-order valence-electron chi connectivity index (χ3n) is 2.58. The quantitative estimate of drug-likeness (QED) is 0.394. The maximum Gasteiger partial charge on any atom is 0.219 e. The predicted molar refractivity (Wildman–Crippen MR) is 56.7 cm³/mol. The van der Waals surface area contributed by atoms with Crippen LogP contribution >= 0.6 is 0 Å². The van der Waals surface area contributed by atoms with Gasteiger partial charge < -0.3 is 30.5 Å². The molecule has 5 N–H and O–H groups in total. The minimum atomic E-state index is -2.07. The van der Waals surface area contributed by atoms with Crippen molar-refractivity contribution >= 4 is 0 Å². The molecule has 0 aromatic carbocycles. The van der Waals surface area contributed by atoms with Gasteiger partial charge in [-0.15, -0.1) is 0 Å². The second-order valence-corrected chi connectivity index (χ2v) is 5.23. The lowest BCUT2D eigenvalue weighted by atomic mass is 10.0. The molecule has 0 aliphatic carbocycles. The minimum absolute atomic E-state index is 0.159. The standard InChI is InChI=1S/C10H21NO5/c1-9(2,3)11-4-6-7(13)8(14)10(15,5-12)16-6/h6-8,11-15H,4-5H2,1-3H3/t6-,7+,8-,10+/m1/s1. The summed E-state index contributed by atoms with van der Waals surface area (Å²) in [6.07, 6.45) is -3.46. The monoisotopic (exact) mass is 235 g/mol. The van der Waals surface area contributed by atoms with E-state index in [1.54, 1.807) is 0 Å². The summed E-state index contributed by atoms with van der Waals surface area (Å²) in [5, 5.41) is 40.7. The van der Waals surface area contributed by atoms with Gasteiger partial charge in [0.1, 0.15) is 18.3 Å². The molecule has 0 radical (unpaired) electrons. The molecule has 0 amide bonds. The topological polar surface area (TPSA) is 102 Å². The Morgan fingerprint density at radius 1 is 1.31 bits per heavy atom. The van der Waals surface area contributed by atoms with Gasteiger partial charge in [-0.2, -0.15) is 0 Å². The van der Waals surface area contributed by atoms with Crippen LogP contribution in [0.4, 0.5) is 0 Å². The molecular formula is C10H21NO5. The number of hydrogen-bond acceptors (Lipinski definition) is 6. The highest BCUT2D eigenvalue weighted by Crippen LogP contribution is 2.28. The van der Waals surface area contributed by atoms with E-state index >= 15 is 0 Å². The van der Waals surface area contributed by atoms with E-state index in [1.165, 1.54) is 0 Å². The molecule has 6 nitrogen and oxygen atoms in total. The lowest BCUT2D eigenvalue weighted by Crippen LogP contribution is -2.46. The van der Waals surface area contributed by atoms with Crippen molar-refractivity contribution in [2.45, 2.75) is 50.4 Å². The average molecular weight is 235 g/mol. The van der Waals surface area contributed by atoms with E-state index in [2.05, 4.69) is 5.32 Å². The maximum atomic E-state index is 9.63. The van der Waals surface area contributed by atoms with Gasteiger partial charge >= 0.3 is 0 Å². The Hall–Kier alpha value is -0.240. The van der Waals surface area contributed by atoms with Gasteiger partial charge in [0.05, 0.1) is 6.61 Å². The van der Waals surface area contributed by atoms with Gasteiger partial charge in [-0.1, -0.05) is 0 Å². The molecule has 16 heavy (non-hydrogen) atoms. The molecule has 96 valence electrons. The van der Waals surface area contributed by atoms with E-state index < -0.39 is 30.7 Å². The first-order valence-corrected chi connectivity index (χ1v) is 5.32. The second-order valence-electron chi connectivity index (χ2n) is 5.23. The summed E-state index contributed by atoms with van der Waals surface area (Å²) in [5.41, 5.74) is -0.159. The predicted octanol–water partition coefficient (Wildman–Crippen LogP) is -1.82. The Balaban J connectivity index is 2.58. The van der Waals surface area contributed by atoms with Crippen molar-refractivity contribution in [3.8, 4) is 0 Å². The van der Waals surface area contributed by atoms with Crippen molar-refractivity contribution in [1.29, 1.82) is 0 Å².